The molecule has 0 aliphatic carbocycles. The number of anilines is 1. The molecule has 1 aromatic carbocycles. The van der Waals surface area contributed by atoms with E-state index in [1.54, 1.807) is 11.3 Å². The Bertz CT molecular complexity index is 1070. The minimum absolute atomic E-state index is 0.0000596. The first-order valence-electron chi connectivity index (χ1n) is 11.7. The maximum atomic E-state index is 13.3. The Kier molecular flexibility index (Phi) is 6.61. The second-order valence-corrected chi connectivity index (χ2v) is 11.2. The summed E-state index contributed by atoms with van der Waals surface area (Å²) in [4.78, 5) is 44.1. The van der Waals surface area contributed by atoms with Crippen LogP contribution in [0.3, 0.4) is 0 Å². The number of amides is 3. The number of thiophene rings is 1. The maximum Gasteiger partial charge on any atom is 0.254 e. The van der Waals surface area contributed by atoms with Crippen molar-refractivity contribution < 1.29 is 14.4 Å². The second kappa shape index (κ2) is 9.29. The van der Waals surface area contributed by atoms with Gasteiger partial charge < -0.3 is 15.1 Å². The van der Waals surface area contributed by atoms with Gasteiger partial charge in [0.05, 0.1) is 5.92 Å². The van der Waals surface area contributed by atoms with E-state index in [0.717, 1.165) is 24.8 Å². The van der Waals surface area contributed by atoms with Crippen LogP contribution in [-0.4, -0.2) is 47.2 Å². The molecule has 1 aromatic heterocycles. The lowest BCUT2D eigenvalue weighted by atomic mass is 9.91. The first kappa shape index (κ1) is 23.5. The summed E-state index contributed by atoms with van der Waals surface area (Å²) < 4.78 is 0. The van der Waals surface area contributed by atoms with Crippen molar-refractivity contribution in [1.29, 1.82) is 0 Å². The lowest BCUT2D eigenvalue weighted by Crippen LogP contribution is -2.47. The fourth-order valence-electron chi connectivity index (χ4n) is 4.68. The zero-order valence-electron chi connectivity index (χ0n) is 19.9. The highest BCUT2D eigenvalue weighted by atomic mass is 32.1. The van der Waals surface area contributed by atoms with Crippen molar-refractivity contribution in [2.24, 2.45) is 11.3 Å². The Balaban J connectivity index is 1.45. The van der Waals surface area contributed by atoms with Crippen LogP contribution in [-0.2, 0) is 22.6 Å². The summed E-state index contributed by atoms with van der Waals surface area (Å²) in [7, 11) is 0. The zero-order valence-corrected chi connectivity index (χ0v) is 20.8. The van der Waals surface area contributed by atoms with E-state index in [4.69, 9.17) is 0 Å². The number of nitrogens with one attached hydrogen (secondary N) is 1. The Morgan fingerprint density at radius 2 is 1.88 bits per heavy atom. The predicted octanol–water partition coefficient (Wildman–Crippen LogP) is 4.48. The topological polar surface area (TPSA) is 69.7 Å². The van der Waals surface area contributed by atoms with Crippen LogP contribution < -0.4 is 5.32 Å². The molecule has 3 heterocycles. The molecule has 0 saturated carbocycles. The number of carbonyl (C=O) groups excluding carboxylic acids is 3. The molecule has 176 valence electrons. The van der Waals surface area contributed by atoms with Crippen LogP contribution in [0, 0.1) is 18.3 Å². The highest BCUT2D eigenvalue weighted by Crippen LogP contribution is 2.28. The summed E-state index contributed by atoms with van der Waals surface area (Å²) in [5.41, 5.74) is 2.85. The summed E-state index contributed by atoms with van der Waals surface area (Å²) >= 11 is 1.75. The zero-order chi connectivity index (χ0) is 23.8. The van der Waals surface area contributed by atoms with Crippen LogP contribution in [0.4, 0.5) is 5.69 Å². The average Bonchev–Trinajstić information content (AvgIpc) is 3.27. The summed E-state index contributed by atoms with van der Waals surface area (Å²) in [5, 5.41) is 5.13. The number of benzene rings is 1. The molecular weight excluding hydrogens is 434 g/mol. The van der Waals surface area contributed by atoms with Crippen LogP contribution in [0.15, 0.2) is 29.6 Å². The molecule has 33 heavy (non-hydrogen) atoms. The minimum atomic E-state index is -0.456. The maximum absolute atomic E-state index is 13.3. The molecule has 2 aliphatic heterocycles. The molecule has 1 atom stereocenters. The van der Waals surface area contributed by atoms with Gasteiger partial charge in [-0.25, -0.2) is 0 Å². The van der Waals surface area contributed by atoms with Crippen molar-refractivity contribution in [3.63, 3.8) is 0 Å². The largest absolute Gasteiger partial charge is 0.341 e. The first-order valence-corrected chi connectivity index (χ1v) is 12.6. The molecule has 1 fully saturated rings. The molecular formula is C26H33N3O3S. The van der Waals surface area contributed by atoms with Gasteiger partial charge in [-0.05, 0) is 60.9 Å². The van der Waals surface area contributed by atoms with E-state index in [2.05, 4.69) is 16.8 Å². The number of piperidine rings is 1. The van der Waals surface area contributed by atoms with Crippen molar-refractivity contribution in [2.45, 2.75) is 53.5 Å². The van der Waals surface area contributed by atoms with Crippen LogP contribution >= 0.6 is 11.3 Å². The summed E-state index contributed by atoms with van der Waals surface area (Å²) in [6.07, 6.45) is 2.46. The number of nitrogens with zero attached hydrogens (tertiary/aromatic N) is 2. The van der Waals surface area contributed by atoms with E-state index in [-0.39, 0.29) is 23.6 Å². The third-order valence-electron chi connectivity index (χ3n) is 6.64. The highest BCUT2D eigenvalue weighted by molar-refractivity contribution is 7.10. The predicted molar refractivity (Wildman–Crippen MR) is 131 cm³/mol. The number of hydrogen-bond donors (Lipinski definition) is 1. The minimum Gasteiger partial charge on any atom is -0.341 e. The van der Waals surface area contributed by atoms with Crippen LogP contribution in [0.5, 0.6) is 0 Å². The van der Waals surface area contributed by atoms with E-state index in [9.17, 15) is 14.4 Å². The van der Waals surface area contributed by atoms with Gasteiger partial charge in [0.1, 0.15) is 0 Å². The average molecular weight is 468 g/mol. The lowest BCUT2D eigenvalue weighted by molar-refractivity contribution is -0.142. The SMILES string of the molecule is Cc1c(NC(=O)C2CCCN(C(=O)C(C)(C)C)C2)cccc1C(=O)N1CCc2sccc2C1. The molecule has 4 rings (SSSR count). The van der Waals surface area contributed by atoms with Crippen LogP contribution in [0.25, 0.3) is 0 Å². The van der Waals surface area contributed by atoms with E-state index < -0.39 is 5.41 Å². The molecule has 1 unspecified atom stereocenters. The third kappa shape index (κ3) is 4.98. The van der Waals surface area contributed by atoms with Gasteiger partial charge in [-0.15, -0.1) is 11.3 Å². The fourth-order valence-corrected chi connectivity index (χ4v) is 5.57. The number of hydrogen-bond acceptors (Lipinski definition) is 4. The van der Waals surface area contributed by atoms with Gasteiger partial charge in [0, 0.05) is 47.7 Å². The van der Waals surface area contributed by atoms with Gasteiger partial charge in [-0.3, -0.25) is 14.4 Å². The van der Waals surface area contributed by atoms with Gasteiger partial charge in [0.25, 0.3) is 5.91 Å². The fraction of sp³-hybridized carbons (Fsp3) is 0.500. The van der Waals surface area contributed by atoms with Crippen molar-refractivity contribution in [3.8, 4) is 0 Å². The molecule has 0 bridgehead atoms. The second-order valence-electron chi connectivity index (χ2n) is 10.2. The number of likely N-dealkylation sites (tertiary alicyclic amines) is 1. The van der Waals surface area contributed by atoms with Gasteiger partial charge >= 0.3 is 0 Å². The standard InChI is InChI=1S/C26H33N3O3S/c1-17-20(24(31)28-13-10-22-18(15-28)11-14-33-22)8-5-9-21(17)27-23(30)19-7-6-12-29(16-19)25(32)26(2,3)4/h5,8-9,11,14,19H,6-7,10,12-13,15-16H2,1-4H3,(H,27,30). The highest BCUT2D eigenvalue weighted by Gasteiger charge is 2.33. The Labute approximate surface area is 200 Å². The van der Waals surface area contributed by atoms with Crippen molar-refractivity contribution in [2.75, 3.05) is 25.0 Å². The number of fused-ring (bicyclic) bond motifs is 1. The van der Waals surface area contributed by atoms with Crippen molar-refractivity contribution in [1.82, 2.24) is 9.80 Å². The summed E-state index contributed by atoms with van der Waals surface area (Å²) in [6.45, 7) is 10.1. The summed E-state index contributed by atoms with van der Waals surface area (Å²) in [6, 6.07) is 7.60. The Morgan fingerprint density at radius 3 is 2.64 bits per heavy atom. The molecule has 3 amide bonds. The van der Waals surface area contributed by atoms with E-state index in [1.165, 1.54) is 10.4 Å². The third-order valence-corrected chi connectivity index (χ3v) is 7.66. The molecule has 2 aliphatic rings. The number of carbonyl (C=O) groups is 3. The van der Waals surface area contributed by atoms with E-state index in [0.29, 0.717) is 37.4 Å². The normalized spacial score (nSPS) is 18.6. The Hall–Kier alpha value is -2.67. The van der Waals surface area contributed by atoms with Gasteiger partial charge in [-0.1, -0.05) is 26.8 Å². The first-order chi connectivity index (χ1) is 15.6. The molecule has 6 nitrogen and oxygen atoms in total. The molecule has 7 heteroatoms. The molecule has 0 spiro atoms. The summed E-state index contributed by atoms with van der Waals surface area (Å²) in [5.74, 6) is -0.253. The number of rotatable bonds is 3. The van der Waals surface area contributed by atoms with Gasteiger partial charge in [0.2, 0.25) is 11.8 Å². The Morgan fingerprint density at radius 1 is 1.09 bits per heavy atom. The van der Waals surface area contributed by atoms with E-state index >= 15 is 0 Å². The molecule has 1 saturated heterocycles. The molecule has 1 N–H and O–H groups in total. The van der Waals surface area contributed by atoms with E-state index in [1.807, 2.05) is 55.7 Å². The van der Waals surface area contributed by atoms with Gasteiger partial charge in [-0.2, -0.15) is 0 Å². The molecule has 2 aromatic rings. The van der Waals surface area contributed by atoms with Crippen LogP contribution in [0.2, 0.25) is 0 Å². The van der Waals surface area contributed by atoms with Gasteiger partial charge in [0.15, 0.2) is 0 Å². The monoisotopic (exact) mass is 467 g/mol. The van der Waals surface area contributed by atoms with Crippen molar-refractivity contribution in [3.05, 3.63) is 51.2 Å². The lowest BCUT2D eigenvalue weighted by Gasteiger charge is -2.36. The quantitative estimate of drug-likeness (QED) is 0.724. The van der Waals surface area contributed by atoms with Crippen molar-refractivity contribution >= 4 is 34.7 Å². The molecule has 0 radical (unpaired) electrons. The smallest absolute Gasteiger partial charge is 0.254 e. The van der Waals surface area contributed by atoms with Crippen LogP contribution in [0.1, 0.15) is 60.0 Å².